The molecule has 8 heteroatoms. The zero-order valence-electron chi connectivity index (χ0n) is 19.7. The number of aryl methyl sites for hydroxylation is 1. The summed E-state index contributed by atoms with van der Waals surface area (Å²) in [6.45, 7) is 5.84. The molecule has 0 fully saturated rings. The minimum absolute atomic E-state index is 0.0687. The number of methoxy groups -OCH3 is 2. The van der Waals surface area contributed by atoms with Crippen LogP contribution in [0.15, 0.2) is 43.0 Å². The third-order valence-electron chi connectivity index (χ3n) is 6.32. The Bertz CT molecular complexity index is 1000. The van der Waals surface area contributed by atoms with Crippen LogP contribution in [0.25, 0.3) is 0 Å². The SMILES string of the molecule is C=C[C@@H](CCCNC[C@]1(COc2ccc(C(=O)OC)nc2Cl)CCCc2cc(Cl)ccc21)OC. The number of hydrogen-bond donors (Lipinski definition) is 1. The van der Waals surface area contributed by atoms with E-state index in [9.17, 15) is 4.79 Å². The van der Waals surface area contributed by atoms with E-state index in [-0.39, 0.29) is 22.4 Å². The van der Waals surface area contributed by atoms with Crippen molar-refractivity contribution in [2.75, 3.05) is 33.9 Å². The van der Waals surface area contributed by atoms with E-state index in [0.717, 1.165) is 50.2 Å². The highest BCUT2D eigenvalue weighted by Gasteiger charge is 2.37. The minimum Gasteiger partial charge on any atom is -0.489 e. The lowest BCUT2D eigenvalue weighted by Gasteiger charge is -2.39. The van der Waals surface area contributed by atoms with Crippen LogP contribution in [0.3, 0.4) is 0 Å². The van der Waals surface area contributed by atoms with Gasteiger partial charge in [-0.25, -0.2) is 9.78 Å². The summed E-state index contributed by atoms with van der Waals surface area (Å²) in [6, 6.07) is 9.32. The van der Waals surface area contributed by atoms with E-state index in [0.29, 0.717) is 12.4 Å². The summed E-state index contributed by atoms with van der Waals surface area (Å²) in [5, 5.41) is 4.50. The van der Waals surface area contributed by atoms with Gasteiger partial charge in [0.15, 0.2) is 10.9 Å². The summed E-state index contributed by atoms with van der Waals surface area (Å²) in [5.41, 5.74) is 2.39. The molecule has 1 aliphatic carbocycles. The van der Waals surface area contributed by atoms with Crippen molar-refractivity contribution in [2.24, 2.45) is 0 Å². The van der Waals surface area contributed by atoms with Crippen molar-refractivity contribution in [1.82, 2.24) is 10.3 Å². The fourth-order valence-corrected chi connectivity index (χ4v) is 4.88. The van der Waals surface area contributed by atoms with Crippen LogP contribution in [0, 0.1) is 0 Å². The largest absolute Gasteiger partial charge is 0.489 e. The van der Waals surface area contributed by atoms with Gasteiger partial charge >= 0.3 is 5.97 Å². The summed E-state index contributed by atoms with van der Waals surface area (Å²) >= 11 is 12.6. The summed E-state index contributed by atoms with van der Waals surface area (Å²) in [7, 11) is 3.01. The zero-order chi connectivity index (χ0) is 24.6. The molecule has 0 bridgehead atoms. The molecule has 0 unspecified atom stereocenters. The van der Waals surface area contributed by atoms with Crippen molar-refractivity contribution in [3.05, 3.63) is 70.0 Å². The number of rotatable bonds is 12. The van der Waals surface area contributed by atoms with Crippen LogP contribution in [0.4, 0.5) is 0 Å². The molecule has 0 aliphatic heterocycles. The van der Waals surface area contributed by atoms with Crippen molar-refractivity contribution >= 4 is 29.2 Å². The monoisotopic (exact) mass is 506 g/mol. The third kappa shape index (κ3) is 6.51. The number of benzene rings is 1. The highest BCUT2D eigenvalue weighted by atomic mass is 35.5. The first-order valence-corrected chi connectivity index (χ1v) is 12.2. The van der Waals surface area contributed by atoms with Gasteiger partial charge in [-0.15, -0.1) is 6.58 Å². The van der Waals surface area contributed by atoms with Crippen LogP contribution in [-0.4, -0.2) is 51.0 Å². The van der Waals surface area contributed by atoms with Gasteiger partial charge in [0.1, 0.15) is 5.69 Å². The van der Waals surface area contributed by atoms with E-state index in [1.165, 1.54) is 18.2 Å². The molecule has 1 aromatic heterocycles. The molecule has 0 saturated heterocycles. The van der Waals surface area contributed by atoms with E-state index >= 15 is 0 Å². The van der Waals surface area contributed by atoms with Crippen LogP contribution >= 0.6 is 23.2 Å². The molecule has 1 aromatic carbocycles. The number of halogens is 2. The smallest absolute Gasteiger partial charge is 0.356 e. The average molecular weight is 507 g/mol. The average Bonchev–Trinajstić information content (AvgIpc) is 2.85. The minimum atomic E-state index is -0.542. The number of nitrogens with one attached hydrogen (secondary N) is 1. The quantitative estimate of drug-likeness (QED) is 0.180. The third-order valence-corrected chi connectivity index (χ3v) is 6.83. The van der Waals surface area contributed by atoms with E-state index < -0.39 is 5.97 Å². The molecule has 6 nitrogen and oxygen atoms in total. The van der Waals surface area contributed by atoms with Crippen molar-refractivity contribution < 1.29 is 19.0 Å². The summed E-state index contributed by atoms with van der Waals surface area (Å²) < 4.78 is 16.3. The number of pyridine rings is 1. The van der Waals surface area contributed by atoms with Gasteiger partial charge in [-0.3, -0.25) is 0 Å². The fourth-order valence-electron chi connectivity index (χ4n) is 4.47. The van der Waals surface area contributed by atoms with Gasteiger partial charge in [-0.2, -0.15) is 0 Å². The topological polar surface area (TPSA) is 69.7 Å². The van der Waals surface area contributed by atoms with Gasteiger partial charge in [0, 0.05) is 24.1 Å². The number of fused-ring (bicyclic) bond motifs is 1. The van der Waals surface area contributed by atoms with Crippen LogP contribution in [-0.2, 0) is 21.3 Å². The molecule has 0 saturated carbocycles. The molecular formula is C26H32Cl2N2O4. The molecule has 3 rings (SSSR count). The van der Waals surface area contributed by atoms with Gasteiger partial charge < -0.3 is 19.5 Å². The molecular weight excluding hydrogens is 475 g/mol. The second-order valence-electron chi connectivity index (χ2n) is 8.53. The molecule has 184 valence electrons. The standard InChI is InChI=1S/C26H32Cl2N2O4/c1-4-20(32-2)8-6-14-29-16-26(13-5-7-18-15-19(27)9-10-21(18)26)17-34-23-12-11-22(25(31)33-3)30-24(23)28/h4,9-12,15,20,29H,1,5-8,13-14,16-17H2,2-3H3/t20-,26-/m0/s1. The molecule has 0 spiro atoms. The summed E-state index contributed by atoms with van der Waals surface area (Å²) in [5.74, 6) is -0.108. The van der Waals surface area contributed by atoms with E-state index in [1.807, 2.05) is 12.1 Å². The normalized spacial score (nSPS) is 18.1. The fraction of sp³-hybridized carbons (Fsp3) is 0.462. The van der Waals surface area contributed by atoms with Crippen LogP contribution in [0.2, 0.25) is 10.2 Å². The van der Waals surface area contributed by atoms with E-state index in [2.05, 4.69) is 29.0 Å². The zero-order valence-corrected chi connectivity index (χ0v) is 21.3. The van der Waals surface area contributed by atoms with Crippen LogP contribution in [0.5, 0.6) is 5.75 Å². The van der Waals surface area contributed by atoms with Gasteiger partial charge in [0.2, 0.25) is 0 Å². The Morgan fingerprint density at radius 3 is 2.82 bits per heavy atom. The number of carbonyl (C=O) groups is 1. The van der Waals surface area contributed by atoms with Crippen molar-refractivity contribution in [3.8, 4) is 5.75 Å². The second kappa shape index (κ2) is 12.5. The maximum absolute atomic E-state index is 11.7. The number of carbonyl (C=O) groups excluding carboxylic acids is 1. The molecule has 2 atom stereocenters. The first-order chi connectivity index (χ1) is 16.4. The van der Waals surface area contributed by atoms with Crippen molar-refractivity contribution in [2.45, 2.75) is 43.6 Å². The molecule has 1 aliphatic rings. The molecule has 1 N–H and O–H groups in total. The lowest BCUT2D eigenvalue weighted by atomic mass is 9.70. The Labute approximate surface area is 211 Å². The number of hydrogen-bond acceptors (Lipinski definition) is 6. The predicted octanol–water partition coefficient (Wildman–Crippen LogP) is 5.40. The van der Waals surface area contributed by atoms with Gasteiger partial charge in [0.25, 0.3) is 0 Å². The maximum atomic E-state index is 11.7. The Hall–Kier alpha value is -2.12. The van der Waals surface area contributed by atoms with Gasteiger partial charge in [0.05, 0.1) is 19.8 Å². The van der Waals surface area contributed by atoms with E-state index in [4.69, 9.17) is 37.4 Å². The Balaban J connectivity index is 1.76. The van der Waals surface area contributed by atoms with Gasteiger partial charge in [-0.05, 0) is 74.0 Å². The summed E-state index contributed by atoms with van der Waals surface area (Å²) in [4.78, 5) is 15.9. The number of ether oxygens (including phenoxy) is 3. The lowest BCUT2D eigenvalue weighted by Crippen LogP contribution is -2.45. The molecule has 34 heavy (non-hydrogen) atoms. The lowest BCUT2D eigenvalue weighted by molar-refractivity contribution is 0.0594. The second-order valence-corrected chi connectivity index (χ2v) is 9.32. The van der Waals surface area contributed by atoms with Crippen molar-refractivity contribution in [1.29, 1.82) is 0 Å². The van der Waals surface area contributed by atoms with Crippen molar-refractivity contribution in [3.63, 3.8) is 0 Å². The molecule has 0 amide bonds. The number of aromatic nitrogens is 1. The molecule has 2 aromatic rings. The Morgan fingerprint density at radius 1 is 1.29 bits per heavy atom. The Morgan fingerprint density at radius 2 is 2.12 bits per heavy atom. The van der Waals surface area contributed by atoms with Crippen LogP contribution in [0.1, 0.15) is 47.3 Å². The first-order valence-electron chi connectivity index (χ1n) is 11.4. The molecule has 1 heterocycles. The molecule has 0 radical (unpaired) electrons. The number of esters is 1. The number of nitrogens with zero attached hydrogens (tertiary/aromatic N) is 1. The van der Waals surface area contributed by atoms with Crippen LogP contribution < -0.4 is 10.1 Å². The van der Waals surface area contributed by atoms with Gasteiger partial charge in [-0.1, -0.05) is 35.3 Å². The summed E-state index contributed by atoms with van der Waals surface area (Å²) in [6.07, 6.45) is 6.78. The maximum Gasteiger partial charge on any atom is 0.356 e. The van der Waals surface area contributed by atoms with E-state index in [1.54, 1.807) is 19.2 Å². The highest BCUT2D eigenvalue weighted by molar-refractivity contribution is 6.31. The highest BCUT2D eigenvalue weighted by Crippen LogP contribution is 2.39. The predicted molar refractivity (Wildman–Crippen MR) is 135 cm³/mol. The Kier molecular flexibility index (Phi) is 9.77. The first kappa shape index (κ1) is 26.5.